The molecule has 94 valence electrons. The number of benzene rings is 1. The minimum absolute atomic E-state index is 0.235. The summed E-state index contributed by atoms with van der Waals surface area (Å²) in [7, 11) is 1.68. The molecule has 1 aromatic carbocycles. The number of hydrogen-bond acceptors (Lipinski definition) is 2. The zero-order valence-corrected chi connectivity index (χ0v) is 12.2. The van der Waals surface area contributed by atoms with Crippen LogP contribution in [0, 0.1) is 5.41 Å². The minimum Gasteiger partial charge on any atom is -0.497 e. The SMILES string of the molecule is COc1cccc(COC2CC(Br)C2(C)C)c1. The first-order valence-corrected chi connectivity index (χ1v) is 6.84. The van der Waals surface area contributed by atoms with Gasteiger partial charge in [-0.2, -0.15) is 0 Å². The maximum atomic E-state index is 5.96. The minimum atomic E-state index is 0.235. The molecule has 0 heterocycles. The van der Waals surface area contributed by atoms with Crippen molar-refractivity contribution in [2.45, 2.75) is 37.8 Å². The van der Waals surface area contributed by atoms with Gasteiger partial charge in [-0.25, -0.2) is 0 Å². The second-order valence-corrected chi connectivity index (χ2v) is 6.28. The van der Waals surface area contributed by atoms with Crippen LogP contribution < -0.4 is 4.74 Å². The zero-order chi connectivity index (χ0) is 12.5. The highest BCUT2D eigenvalue weighted by atomic mass is 79.9. The summed E-state index contributed by atoms with van der Waals surface area (Å²) in [6.07, 6.45) is 1.44. The molecule has 1 fully saturated rings. The van der Waals surface area contributed by atoms with Crippen LogP contribution >= 0.6 is 15.9 Å². The predicted molar refractivity (Wildman–Crippen MR) is 72.7 cm³/mol. The Balaban J connectivity index is 1.90. The molecule has 1 saturated carbocycles. The van der Waals surface area contributed by atoms with E-state index in [9.17, 15) is 0 Å². The Hall–Kier alpha value is -0.540. The first-order valence-electron chi connectivity index (χ1n) is 5.92. The van der Waals surface area contributed by atoms with Gasteiger partial charge in [0.1, 0.15) is 5.75 Å². The maximum Gasteiger partial charge on any atom is 0.119 e. The fraction of sp³-hybridized carbons (Fsp3) is 0.571. The van der Waals surface area contributed by atoms with Crippen LogP contribution in [0.5, 0.6) is 5.75 Å². The van der Waals surface area contributed by atoms with Crippen LogP contribution in [0.1, 0.15) is 25.8 Å². The predicted octanol–water partition coefficient (Wildman–Crippen LogP) is 3.77. The summed E-state index contributed by atoms with van der Waals surface area (Å²) >= 11 is 3.67. The molecule has 1 aliphatic rings. The zero-order valence-electron chi connectivity index (χ0n) is 10.6. The number of methoxy groups -OCH3 is 1. The van der Waals surface area contributed by atoms with E-state index in [0.717, 1.165) is 17.7 Å². The van der Waals surface area contributed by atoms with Gasteiger partial charge in [0, 0.05) is 10.2 Å². The molecule has 0 amide bonds. The first-order chi connectivity index (χ1) is 8.04. The summed E-state index contributed by atoms with van der Waals surface area (Å²) in [5, 5.41) is 0. The lowest BCUT2D eigenvalue weighted by molar-refractivity contribution is -0.0932. The Morgan fingerprint density at radius 1 is 1.41 bits per heavy atom. The molecule has 17 heavy (non-hydrogen) atoms. The second kappa shape index (κ2) is 4.99. The maximum absolute atomic E-state index is 5.96. The summed E-state index contributed by atoms with van der Waals surface area (Å²) in [5.41, 5.74) is 1.40. The van der Waals surface area contributed by atoms with Crippen LogP contribution in [0.25, 0.3) is 0 Å². The van der Waals surface area contributed by atoms with Crippen molar-refractivity contribution in [2.75, 3.05) is 7.11 Å². The molecule has 2 nitrogen and oxygen atoms in total. The molecule has 3 heteroatoms. The van der Waals surface area contributed by atoms with Crippen LogP contribution in [-0.2, 0) is 11.3 Å². The molecule has 0 N–H and O–H groups in total. The van der Waals surface area contributed by atoms with Gasteiger partial charge in [0.25, 0.3) is 0 Å². The van der Waals surface area contributed by atoms with Crippen LogP contribution in [0.3, 0.4) is 0 Å². The average molecular weight is 299 g/mol. The Morgan fingerprint density at radius 2 is 2.18 bits per heavy atom. The third-order valence-corrected chi connectivity index (χ3v) is 5.20. The van der Waals surface area contributed by atoms with E-state index in [4.69, 9.17) is 9.47 Å². The molecular formula is C14H19BrO2. The Labute approximate surface area is 111 Å². The van der Waals surface area contributed by atoms with Crippen LogP contribution in [0.4, 0.5) is 0 Å². The van der Waals surface area contributed by atoms with Crippen molar-refractivity contribution in [1.29, 1.82) is 0 Å². The number of ether oxygens (including phenoxy) is 2. The van der Waals surface area contributed by atoms with Gasteiger partial charge in [0.05, 0.1) is 19.8 Å². The van der Waals surface area contributed by atoms with Crippen molar-refractivity contribution in [3.05, 3.63) is 29.8 Å². The van der Waals surface area contributed by atoms with Gasteiger partial charge >= 0.3 is 0 Å². The van der Waals surface area contributed by atoms with Crippen molar-refractivity contribution in [3.8, 4) is 5.75 Å². The summed E-state index contributed by atoms with van der Waals surface area (Å²) in [5.74, 6) is 0.886. The quantitative estimate of drug-likeness (QED) is 0.788. The summed E-state index contributed by atoms with van der Waals surface area (Å²) in [6, 6.07) is 8.04. The molecule has 0 radical (unpaired) electrons. The van der Waals surface area contributed by atoms with Crippen LogP contribution in [-0.4, -0.2) is 18.0 Å². The van der Waals surface area contributed by atoms with E-state index >= 15 is 0 Å². The standard InChI is InChI=1S/C14H19BrO2/c1-14(2)12(15)8-13(14)17-9-10-5-4-6-11(7-10)16-3/h4-7,12-13H,8-9H2,1-3H3. The van der Waals surface area contributed by atoms with Crippen LogP contribution in [0.2, 0.25) is 0 Å². The molecule has 0 aromatic heterocycles. The van der Waals surface area contributed by atoms with E-state index in [0.29, 0.717) is 17.5 Å². The highest BCUT2D eigenvalue weighted by molar-refractivity contribution is 9.09. The summed E-state index contributed by atoms with van der Waals surface area (Å²) < 4.78 is 11.2. The third kappa shape index (κ3) is 2.66. The Bertz CT molecular complexity index is 390. The number of alkyl halides is 1. The molecule has 0 bridgehead atoms. The highest BCUT2D eigenvalue weighted by Crippen LogP contribution is 2.47. The van der Waals surface area contributed by atoms with Gasteiger partial charge < -0.3 is 9.47 Å². The van der Waals surface area contributed by atoms with Crippen molar-refractivity contribution >= 4 is 15.9 Å². The summed E-state index contributed by atoms with van der Waals surface area (Å²) in [6.45, 7) is 5.14. The molecule has 0 spiro atoms. The smallest absolute Gasteiger partial charge is 0.119 e. The molecule has 1 aromatic rings. The number of hydrogen-bond donors (Lipinski definition) is 0. The van der Waals surface area contributed by atoms with Crippen molar-refractivity contribution in [2.24, 2.45) is 5.41 Å². The van der Waals surface area contributed by atoms with Gasteiger partial charge in [-0.3, -0.25) is 0 Å². The third-order valence-electron chi connectivity index (χ3n) is 3.64. The first kappa shape index (κ1) is 12.9. The number of halogens is 1. The molecule has 2 unspecified atom stereocenters. The number of rotatable bonds is 4. The molecule has 1 aliphatic carbocycles. The van der Waals surface area contributed by atoms with Crippen molar-refractivity contribution in [1.82, 2.24) is 0 Å². The van der Waals surface area contributed by atoms with E-state index in [2.05, 4.69) is 35.8 Å². The summed E-state index contributed by atoms with van der Waals surface area (Å²) in [4.78, 5) is 0.574. The lowest BCUT2D eigenvalue weighted by Crippen LogP contribution is -2.51. The van der Waals surface area contributed by atoms with E-state index < -0.39 is 0 Å². The Kier molecular flexibility index (Phi) is 3.79. The molecule has 2 atom stereocenters. The molecular weight excluding hydrogens is 280 g/mol. The second-order valence-electron chi connectivity index (χ2n) is 5.18. The van der Waals surface area contributed by atoms with Gasteiger partial charge in [-0.05, 0) is 24.1 Å². The molecule has 0 aliphatic heterocycles. The van der Waals surface area contributed by atoms with Gasteiger partial charge in [-0.15, -0.1) is 0 Å². The lowest BCUT2D eigenvalue weighted by atomic mass is 9.69. The topological polar surface area (TPSA) is 18.5 Å². The molecule has 2 rings (SSSR count). The van der Waals surface area contributed by atoms with Gasteiger partial charge in [0.2, 0.25) is 0 Å². The van der Waals surface area contributed by atoms with Gasteiger partial charge in [-0.1, -0.05) is 41.9 Å². The van der Waals surface area contributed by atoms with E-state index in [1.807, 2.05) is 18.2 Å². The monoisotopic (exact) mass is 298 g/mol. The largest absolute Gasteiger partial charge is 0.497 e. The van der Waals surface area contributed by atoms with Crippen molar-refractivity contribution in [3.63, 3.8) is 0 Å². The Morgan fingerprint density at radius 3 is 2.76 bits per heavy atom. The van der Waals surface area contributed by atoms with Gasteiger partial charge in [0.15, 0.2) is 0 Å². The lowest BCUT2D eigenvalue weighted by Gasteiger charge is -2.48. The van der Waals surface area contributed by atoms with E-state index in [1.54, 1.807) is 7.11 Å². The normalized spacial score (nSPS) is 26.4. The van der Waals surface area contributed by atoms with Crippen molar-refractivity contribution < 1.29 is 9.47 Å². The molecule has 0 saturated heterocycles. The van der Waals surface area contributed by atoms with E-state index in [-0.39, 0.29) is 5.41 Å². The van der Waals surface area contributed by atoms with Crippen LogP contribution in [0.15, 0.2) is 24.3 Å². The highest BCUT2D eigenvalue weighted by Gasteiger charge is 2.47. The fourth-order valence-electron chi connectivity index (χ4n) is 2.08. The fourth-order valence-corrected chi connectivity index (χ4v) is 2.71. The van der Waals surface area contributed by atoms with E-state index in [1.165, 1.54) is 0 Å². The average Bonchev–Trinajstić information content (AvgIpc) is 2.34.